The van der Waals surface area contributed by atoms with E-state index in [0.717, 1.165) is 31.3 Å². The van der Waals surface area contributed by atoms with Gasteiger partial charge in [-0.1, -0.05) is 13.3 Å². The van der Waals surface area contributed by atoms with Crippen molar-refractivity contribution in [1.82, 2.24) is 10.3 Å². The number of nitrogens with two attached hydrogens (primary N) is 1. The second-order valence-electron chi connectivity index (χ2n) is 5.33. The molecule has 0 spiro atoms. The molecule has 0 aromatic carbocycles. The Bertz CT molecular complexity index is 442. The Balaban J connectivity index is 1.95. The highest BCUT2D eigenvalue weighted by Gasteiger charge is 2.23. The summed E-state index contributed by atoms with van der Waals surface area (Å²) in [7, 11) is 0. The molecule has 1 fully saturated rings. The van der Waals surface area contributed by atoms with E-state index in [2.05, 4.69) is 17.2 Å². The smallest absolute Gasteiger partial charge is 0.268 e. The highest BCUT2D eigenvalue weighted by atomic mass is 16.3. The van der Waals surface area contributed by atoms with E-state index >= 15 is 0 Å². The number of hydrazine groups is 1. The highest BCUT2D eigenvalue weighted by molar-refractivity contribution is 5.94. The molecule has 0 radical (unpaired) electrons. The third-order valence-electron chi connectivity index (χ3n) is 3.79. The van der Waals surface area contributed by atoms with Crippen molar-refractivity contribution in [2.24, 2.45) is 11.8 Å². The molecule has 5 nitrogen and oxygen atoms in total. The maximum absolute atomic E-state index is 11.5. The van der Waals surface area contributed by atoms with Gasteiger partial charge in [-0.25, -0.2) is 5.84 Å². The second-order valence-corrected chi connectivity index (χ2v) is 5.33. The first kappa shape index (κ1) is 14.1. The van der Waals surface area contributed by atoms with Crippen LogP contribution >= 0.6 is 0 Å². The van der Waals surface area contributed by atoms with E-state index < -0.39 is 0 Å². The predicted molar refractivity (Wildman–Crippen MR) is 73.4 cm³/mol. The molecule has 1 aliphatic heterocycles. The van der Waals surface area contributed by atoms with Crippen molar-refractivity contribution in [3.05, 3.63) is 23.2 Å². The summed E-state index contributed by atoms with van der Waals surface area (Å²) in [5.41, 5.74) is 2.67. The largest absolute Gasteiger partial charge is 0.464 e. The van der Waals surface area contributed by atoms with Gasteiger partial charge in [-0.05, 0) is 38.3 Å². The Morgan fingerprint density at radius 2 is 2.42 bits per heavy atom. The lowest BCUT2D eigenvalue weighted by Crippen LogP contribution is -2.30. The number of aryl methyl sites for hydroxylation is 1. The summed E-state index contributed by atoms with van der Waals surface area (Å²) in [6.45, 7) is 7.04. The Morgan fingerprint density at radius 3 is 3.11 bits per heavy atom. The molecule has 2 rings (SSSR count). The Labute approximate surface area is 114 Å². The molecular weight excluding hydrogens is 242 g/mol. The van der Waals surface area contributed by atoms with Gasteiger partial charge in [0.05, 0.1) is 12.1 Å². The molecule has 106 valence electrons. The summed E-state index contributed by atoms with van der Waals surface area (Å²) in [6.07, 6.45) is 3.82. The Kier molecular flexibility index (Phi) is 4.61. The van der Waals surface area contributed by atoms with Crippen molar-refractivity contribution < 1.29 is 9.21 Å². The summed E-state index contributed by atoms with van der Waals surface area (Å²) in [5, 5.41) is 0. The molecular formula is C14H23N3O2. The fourth-order valence-electron chi connectivity index (χ4n) is 2.85. The van der Waals surface area contributed by atoms with Crippen LogP contribution in [0.15, 0.2) is 10.5 Å². The van der Waals surface area contributed by atoms with E-state index in [0.29, 0.717) is 11.3 Å². The van der Waals surface area contributed by atoms with Crippen molar-refractivity contribution in [1.29, 1.82) is 0 Å². The number of hydrogen-bond acceptors (Lipinski definition) is 4. The number of carbonyl (C=O) groups excluding carboxylic acids is 1. The van der Waals surface area contributed by atoms with Gasteiger partial charge in [0.2, 0.25) is 0 Å². The maximum atomic E-state index is 11.5. The van der Waals surface area contributed by atoms with Gasteiger partial charge < -0.3 is 4.42 Å². The maximum Gasteiger partial charge on any atom is 0.268 e. The quantitative estimate of drug-likeness (QED) is 0.484. The minimum atomic E-state index is -0.294. The molecule has 19 heavy (non-hydrogen) atoms. The van der Waals surface area contributed by atoms with Crippen LogP contribution in [0, 0.1) is 12.8 Å². The molecule has 0 bridgehead atoms. The van der Waals surface area contributed by atoms with E-state index in [1.54, 1.807) is 13.0 Å². The van der Waals surface area contributed by atoms with Gasteiger partial charge in [0.15, 0.2) is 0 Å². The van der Waals surface area contributed by atoms with Crippen molar-refractivity contribution in [3.63, 3.8) is 0 Å². The van der Waals surface area contributed by atoms with Gasteiger partial charge in [-0.2, -0.15) is 0 Å². The average Bonchev–Trinajstić information content (AvgIpc) is 2.96. The molecule has 1 unspecified atom stereocenters. The lowest BCUT2D eigenvalue weighted by molar-refractivity contribution is 0.0952. The molecule has 1 atom stereocenters. The van der Waals surface area contributed by atoms with Crippen LogP contribution in [0.5, 0.6) is 0 Å². The number of carbonyl (C=O) groups is 1. The zero-order valence-corrected chi connectivity index (χ0v) is 11.7. The Morgan fingerprint density at radius 1 is 1.63 bits per heavy atom. The first-order valence-corrected chi connectivity index (χ1v) is 6.96. The van der Waals surface area contributed by atoms with Crippen LogP contribution in [-0.2, 0) is 6.54 Å². The number of amides is 1. The zero-order chi connectivity index (χ0) is 13.8. The summed E-state index contributed by atoms with van der Waals surface area (Å²) in [5.74, 6) is 7.13. The van der Waals surface area contributed by atoms with Crippen molar-refractivity contribution in [2.75, 3.05) is 13.1 Å². The minimum absolute atomic E-state index is 0.294. The van der Waals surface area contributed by atoms with Crippen LogP contribution in [0.2, 0.25) is 0 Å². The SMILES string of the molecule is CCCC1CCN(Cc2cc(C(=O)NN)c(C)o2)C1. The molecule has 1 aromatic rings. The number of nitrogens with zero attached hydrogens (tertiary/aromatic N) is 1. The zero-order valence-electron chi connectivity index (χ0n) is 11.7. The topological polar surface area (TPSA) is 71.5 Å². The average molecular weight is 265 g/mol. The van der Waals surface area contributed by atoms with Crippen molar-refractivity contribution >= 4 is 5.91 Å². The molecule has 3 N–H and O–H groups in total. The summed E-state index contributed by atoms with van der Waals surface area (Å²) < 4.78 is 5.64. The van der Waals surface area contributed by atoms with E-state index in [4.69, 9.17) is 10.3 Å². The van der Waals surface area contributed by atoms with E-state index in [1.807, 2.05) is 0 Å². The Hall–Kier alpha value is -1.33. The fourth-order valence-corrected chi connectivity index (χ4v) is 2.85. The van der Waals surface area contributed by atoms with Crippen molar-refractivity contribution in [3.8, 4) is 0 Å². The van der Waals surface area contributed by atoms with E-state index in [9.17, 15) is 4.79 Å². The van der Waals surface area contributed by atoms with Crippen molar-refractivity contribution in [2.45, 2.75) is 39.7 Å². The predicted octanol–water partition coefficient (Wildman–Crippen LogP) is 1.81. The molecule has 5 heteroatoms. The number of likely N-dealkylation sites (tertiary alicyclic amines) is 1. The third kappa shape index (κ3) is 3.36. The molecule has 0 saturated carbocycles. The van der Waals surface area contributed by atoms with Gasteiger partial charge in [0.1, 0.15) is 11.5 Å². The van der Waals surface area contributed by atoms with Crippen LogP contribution < -0.4 is 11.3 Å². The van der Waals surface area contributed by atoms with E-state index in [-0.39, 0.29) is 5.91 Å². The molecule has 1 saturated heterocycles. The highest BCUT2D eigenvalue weighted by Crippen LogP contribution is 2.24. The third-order valence-corrected chi connectivity index (χ3v) is 3.79. The fraction of sp³-hybridized carbons (Fsp3) is 0.643. The second kappa shape index (κ2) is 6.21. The van der Waals surface area contributed by atoms with Gasteiger partial charge in [-0.15, -0.1) is 0 Å². The van der Waals surface area contributed by atoms with E-state index in [1.165, 1.54) is 19.3 Å². The summed E-state index contributed by atoms with van der Waals surface area (Å²) >= 11 is 0. The minimum Gasteiger partial charge on any atom is -0.464 e. The molecule has 1 amide bonds. The normalized spacial score (nSPS) is 19.8. The summed E-state index contributed by atoms with van der Waals surface area (Å²) in [4.78, 5) is 13.9. The first-order valence-electron chi connectivity index (χ1n) is 6.96. The number of hydrogen-bond donors (Lipinski definition) is 2. The number of furan rings is 1. The molecule has 0 aliphatic carbocycles. The van der Waals surface area contributed by atoms with Gasteiger partial charge >= 0.3 is 0 Å². The van der Waals surface area contributed by atoms with Crippen LogP contribution in [0.4, 0.5) is 0 Å². The van der Waals surface area contributed by atoms with Crippen LogP contribution in [0.3, 0.4) is 0 Å². The monoisotopic (exact) mass is 265 g/mol. The van der Waals surface area contributed by atoms with Gasteiger partial charge in [-0.3, -0.25) is 15.1 Å². The molecule has 1 aliphatic rings. The molecule has 2 heterocycles. The first-order chi connectivity index (χ1) is 9.13. The number of rotatable bonds is 5. The number of nitrogen functional groups attached to an aromatic ring is 1. The lowest BCUT2D eigenvalue weighted by atomic mass is 10.0. The van der Waals surface area contributed by atoms with Gasteiger partial charge in [0, 0.05) is 6.54 Å². The van der Waals surface area contributed by atoms with Gasteiger partial charge in [0.25, 0.3) is 5.91 Å². The van der Waals surface area contributed by atoms with Crippen LogP contribution in [0.25, 0.3) is 0 Å². The van der Waals surface area contributed by atoms with Crippen LogP contribution in [0.1, 0.15) is 48.1 Å². The standard InChI is InChI=1S/C14H23N3O2/c1-3-4-11-5-6-17(8-11)9-12-7-13(10(2)19-12)14(18)16-15/h7,11H,3-6,8-9,15H2,1-2H3,(H,16,18). The summed E-state index contributed by atoms with van der Waals surface area (Å²) in [6, 6.07) is 1.80. The lowest BCUT2D eigenvalue weighted by Gasteiger charge is -2.13. The molecule has 1 aromatic heterocycles. The number of nitrogens with one attached hydrogen (secondary N) is 1. The van der Waals surface area contributed by atoms with Crippen LogP contribution in [-0.4, -0.2) is 23.9 Å².